The third kappa shape index (κ3) is 9.37. The lowest BCUT2D eigenvalue weighted by Crippen LogP contribution is -2.60. The van der Waals surface area contributed by atoms with Crippen LogP contribution < -0.4 is 4.74 Å². The zero-order valence-corrected chi connectivity index (χ0v) is 27.6. The highest BCUT2D eigenvalue weighted by atomic mass is 19.4. The first kappa shape index (κ1) is 34.6. The molecule has 7 nitrogen and oxygen atoms in total. The maximum absolute atomic E-state index is 13.8. The summed E-state index contributed by atoms with van der Waals surface area (Å²) in [6.07, 6.45) is -3.10. The summed E-state index contributed by atoms with van der Waals surface area (Å²) in [5.74, 6) is 0.0769. The normalized spacial score (nSPS) is 19.7. The summed E-state index contributed by atoms with van der Waals surface area (Å²) < 4.78 is 48.2. The molecular formula is C35H48F3N3O4. The molecule has 0 N–H and O–H groups in total. The van der Waals surface area contributed by atoms with Crippen LogP contribution in [0.4, 0.5) is 18.0 Å². The molecule has 2 heterocycles. The van der Waals surface area contributed by atoms with Crippen molar-refractivity contribution in [3.05, 3.63) is 65.2 Å². The van der Waals surface area contributed by atoms with Gasteiger partial charge in [0.25, 0.3) is 0 Å². The van der Waals surface area contributed by atoms with Gasteiger partial charge in [0.1, 0.15) is 11.4 Å². The smallest absolute Gasteiger partial charge is 0.444 e. The van der Waals surface area contributed by atoms with E-state index in [-0.39, 0.29) is 41.2 Å². The molecule has 0 aliphatic carbocycles. The molecule has 2 atom stereocenters. The highest BCUT2D eigenvalue weighted by molar-refractivity contribution is 5.77. The first-order valence-corrected chi connectivity index (χ1v) is 15.8. The maximum Gasteiger partial charge on any atom is 0.573 e. The van der Waals surface area contributed by atoms with Gasteiger partial charge in [-0.15, -0.1) is 13.2 Å². The third-order valence-electron chi connectivity index (χ3n) is 8.74. The van der Waals surface area contributed by atoms with Gasteiger partial charge in [-0.05, 0) is 80.7 Å². The van der Waals surface area contributed by atoms with Gasteiger partial charge in [-0.2, -0.15) is 0 Å². The standard InChI is InChI=1S/C35H48F3N3O4/c1-24-10-8-9-11-28(24)31(26-12-14-27(15-13-26)44-35(36,37)38)40-20-21-41(29(23-40)33(2,3)4)30(42)22-25-16-18-39(19-17-25)32(43)45-34(5,6)7/h8-15,25,29,31H,16-23H2,1-7H3/t29-,31?/m1/s1. The summed E-state index contributed by atoms with van der Waals surface area (Å²) in [5.41, 5.74) is 2.27. The number of aryl methyl sites for hydroxylation is 1. The molecular weight excluding hydrogens is 583 g/mol. The number of hydrogen-bond acceptors (Lipinski definition) is 5. The van der Waals surface area contributed by atoms with Gasteiger partial charge in [-0.25, -0.2) is 4.79 Å². The van der Waals surface area contributed by atoms with Crippen molar-refractivity contribution in [2.24, 2.45) is 11.3 Å². The molecule has 0 spiro atoms. The molecule has 0 saturated carbocycles. The summed E-state index contributed by atoms with van der Waals surface area (Å²) in [4.78, 5) is 32.5. The van der Waals surface area contributed by atoms with Gasteiger partial charge in [0.2, 0.25) is 5.91 Å². The minimum atomic E-state index is -4.76. The fourth-order valence-electron chi connectivity index (χ4n) is 6.42. The molecule has 2 aromatic carbocycles. The van der Waals surface area contributed by atoms with Crippen LogP contribution >= 0.6 is 0 Å². The van der Waals surface area contributed by atoms with Gasteiger partial charge < -0.3 is 19.3 Å². The Labute approximate surface area is 265 Å². The molecule has 248 valence electrons. The third-order valence-corrected chi connectivity index (χ3v) is 8.74. The topological polar surface area (TPSA) is 62.3 Å². The van der Waals surface area contributed by atoms with E-state index >= 15 is 0 Å². The van der Waals surface area contributed by atoms with E-state index < -0.39 is 12.0 Å². The van der Waals surface area contributed by atoms with E-state index in [1.54, 1.807) is 17.0 Å². The molecule has 0 aromatic heterocycles. The zero-order chi connectivity index (χ0) is 33.2. The van der Waals surface area contributed by atoms with Crippen LogP contribution in [0.3, 0.4) is 0 Å². The molecule has 2 aliphatic rings. The van der Waals surface area contributed by atoms with Gasteiger partial charge in [-0.3, -0.25) is 9.69 Å². The number of halogens is 3. The van der Waals surface area contributed by atoms with E-state index in [9.17, 15) is 22.8 Å². The molecule has 2 aliphatic heterocycles. The highest BCUT2D eigenvalue weighted by Crippen LogP contribution is 2.38. The van der Waals surface area contributed by atoms with Crippen LogP contribution in [0.1, 0.15) is 83.5 Å². The number of piperidine rings is 1. The first-order chi connectivity index (χ1) is 20.9. The summed E-state index contributed by atoms with van der Waals surface area (Å²) in [5, 5.41) is 0. The molecule has 2 fully saturated rings. The second kappa shape index (κ2) is 13.6. The number of piperazine rings is 1. The Morgan fingerprint density at radius 2 is 1.51 bits per heavy atom. The van der Waals surface area contributed by atoms with E-state index in [0.717, 1.165) is 29.5 Å². The van der Waals surface area contributed by atoms with E-state index in [1.807, 2.05) is 50.8 Å². The lowest BCUT2D eigenvalue weighted by atomic mass is 9.82. The van der Waals surface area contributed by atoms with Crippen LogP contribution in [0.2, 0.25) is 0 Å². The predicted octanol–water partition coefficient (Wildman–Crippen LogP) is 7.58. The van der Waals surface area contributed by atoms with Crippen LogP contribution in [0, 0.1) is 18.3 Å². The Hall–Kier alpha value is -3.27. The molecule has 2 saturated heterocycles. The quantitative estimate of drug-likeness (QED) is 0.329. The van der Waals surface area contributed by atoms with E-state index in [1.165, 1.54) is 12.1 Å². The number of carbonyl (C=O) groups is 2. The lowest BCUT2D eigenvalue weighted by Gasteiger charge is -2.50. The number of ether oxygens (including phenoxy) is 2. The first-order valence-electron chi connectivity index (χ1n) is 15.8. The van der Waals surface area contributed by atoms with Crippen LogP contribution in [-0.4, -0.2) is 77.4 Å². The van der Waals surface area contributed by atoms with Crippen LogP contribution in [0.15, 0.2) is 48.5 Å². The van der Waals surface area contributed by atoms with Crippen molar-refractivity contribution in [1.29, 1.82) is 0 Å². The Morgan fingerprint density at radius 3 is 2.07 bits per heavy atom. The molecule has 2 aromatic rings. The average molecular weight is 632 g/mol. The Morgan fingerprint density at radius 1 is 0.889 bits per heavy atom. The summed E-state index contributed by atoms with van der Waals surface area (Å²) in [6.45, 7) is 17.0. The highest BCUT2D eigenvalue weighted by Gasteiger charge is 2.41. The molecule has 10 heteroatoms. The van der Waals surface area contributed by atoms with Crippen molar-refractivity contribution in [3.63, 3.8) is 0 Å². The summed E-state index contributed by atoms with van der Waals surface area (Å²) >= 11 is 0. The lowest BCUT2D eigenvalue weighted by molar-refractivity contribution is -0.274. The molecule has 1 unspecified atom stereocenters. The average Bonchev–Trinajstić information content (AvgIpc) is 2.93. The SMILES string of the molecule is Cc1ccccc1C(c1ccc(OC(F)(F)F)cc1)N1CCN(C(=O)CC2CCN(C(=O)OC(C)(C)C)CC2)[C@@H](C(C)(C)C)C1. The maximum atomic E-state index is 13.8. The number of benzene rings is 2. The number of nitrogens with zero attached hydrogens (tertiary/aromatic N) is 3. The Balaban J connectivity index is 1.49. The molecule has 0 radical (unpaired) electrons. The fourth-order valence-corrected chi connectivity index (χ4v) is 6.42. The molecule has 45 heavy (non-hydrogen) atoms. The van der Waals surface area contributed by atoms with Gasteiger partial charge in [0.15, 0.2) is 0 Å². The van der Waals surface area contributed by atoms with Gasteiger partial charge in [0.05, 0.1) is 6.04 Å². The fraction of sp³-hybridized carbons (Fsp3) is 0.600. The molecule has 0 bridgehead atoms. The van der Waals surface area contributed by atoms with Crippen molar-refractivity contribution in [1.82, 2.24) is 14.7 Å². The molecule has 2 amide bonds. The van der Waals surface area contributed by atoms with Crippen LogP contribution in [0.5, 0.6) is 5.75 Å². The summed E-state index contributed by atoms with van der Waals surface area (Å²) in [6, 6.07) is 13.9. The predicted molar refractivity (Wildman–Crippen MR) is 168 cm³/mol. The Bertz CT molecular complexity index is 1310. The van der Waals surface area contributed by atoms with Crippen molar-refractivity contribution >= 4 is 12.0 Å². The van der Waals surface area contributed by atoms with Crippen molar-refractivity contribution < 1.29 is 32.2 Å². The van der Waals surface area contributed by atoms with Crippen molar-refractivity contribution in [2.45, 2.75) is 91.8 Å². The number of likely N-dealkylation sites (tertiary alicyclic amines) is 1. The number of hydrogen-bond donors (Lipinski definition) is 0. The minimum absolute atomic E-state index is 0.0695. The largest absolute Gasteiger partial charge is 0.573 e. The van der Waals surface area contributed by atoms with E-state index in [2.05, 4.69) is 36.5 Å². The van der Waals surface area contributed by atoms with E-state index in [4.69, 9.17) is 4.74 Å². The van der Waals surface area contributed by atoms with E-state index in [0.29, 0.717) is 39.1 Å². The Kier molecular flexibility index (Phi) is 10.5. The number of amides is 2. The second-order valence-corrected chi connectivity index (χ2v) is 14.5. The minimum Gasteiger partial charge on any atom is -0.444 e. The van der Waals surface area contributed by atoms with Crippen molar-refractivity contribution in [3.8, 4) is 5.75 Å². The van der Waals surface area contributed by atoms with Gasteiger partial charge in [0, 0.05) is 45.2 Å². The van der Waals surface area contributed by atoms with Crippen molar-refractivity contribution in [2.75, 3.05) is 32.7 Å². The van der Waals surface area contributed by atoms with Gasteiger partial charge in [-0.1, -0.05) is 57.2 Å². The summed E-state index contributed by atoms with van der Waals surface area (Å²) in [7, 11) is 0. The zero-order valence-electron chi connectivity index (χ0n) is 27.6. The van der Waals surface area contributed by atoms with Gasteiger partial charge >= 0.3 is 12.5 Å². The number of rotatable bonds is 6. The van der Waals surface area contributed by atoms with Crippen LogP contribution in [0.25, 0.3) is 0 Å². The second-order valence-electron chi connectivity index (χ2n) is 14.5. The monoisotopic (exact) mass is 631 g/mol. The number of alkyl halides is 3. The van der Waals surface area contributed by atoms with Crippen LogP contribution in [-0.2, 0) is 9.53 Å². The molecule has 4 rings (SSSR count). The number of carbonyl (C=O) groups excluding carboxylic acids is 2.